The Kier molecular flexibility index (Phi) is 11.2. The molecular formula is C14H23N5O8S. The molecule has 0 aromatic carbocycles. The van der Waals surface area contributed by atoms with E-state index < -0.39 is 73.1 Å². The Hall–Kier alpha value is -2.87. The molecule has 0 heterocycles. The highest BCUT2D eigenvalue weighted by atomic mass is 32.1. The summed E-state index contributed by atoms with van der Waals surface area (Å²) in [5.74, 6) is -6.16. The molecule has 0 spiro atoms. The minimum absolute atomic E-state index is 0.196. The fourth-order valence-corrected chi connectivity index (χ4v) is 2.10. The maximum atomic E-state index is 12.1. The van der Waals surface area contributed by atoms with E-state index in [9.17, 15) is 28.8 Å². The first-order chi connectivity index (χ1) is 13.0. The summed E-state index contributed by atoms with van der Waals surface area (Å²) in [6.07, 6.45) is -1.24. The summed E-state index contributed by atoms with van der Waals surface area (Å²) in [7, 11) is 0. The van der Waals surface area contributed by atoms with E-state index >= 15 is 0 Å². The van der Waals surface area contributed by atoms with Crippen molar-refractivity contribution in [3.05, 3.63) is 0 Å². The number of carboxylic acids is 2. The van der Waals surface area contributed by atoms with E-state index in [2.05, 4.69) is 28.6 Å². The van der Waals surface area contributed by atoms with Gasteiger partial charge in [0.1, 0.15) is 12.1 Å². The number of rotatable bonds is 13. The molecule has 13 nitrogen and oxygen atoms in total. The van der Waals surface area contributed by atoms with Crippen LogP contribution in [0.2, 0.25) is 0 Å². The van der Waals surface area contributed by atoms with Crippen LogP contribution in [0.15, 0.2) is 0 Å². The summed E-state index contributed by atoms with van der Waals surface area (Å²) in [5, 5.41) is 24.1. The molecule has 0 fully saturated rings. The van der Waals surface area contributed by atoms with Gasteiger partial charge in [-0.2, -0.15) is 12.6 Å². The zero-order valence-electron chi connectivity index (χ0n) is 14.7. The Morgan fingerprint density at radius 3 is 2.04 bits per heavy atom. The lowest BCUT2D eigenvalue weighted by atomic mass is 10.1. The summed E-state index contributed by atoms with van der Waals surface area (Å²) >= 11 is 3.89. The van der Waals surface area contributed by atoms with Crippen LogP contribution in [0.25, 0.3) is 0 Å². The Morgan fingerprint density at radius 2 is 1.57 bits per heavy atom. The average molecular weight is 421 g/mol. The molecule has 0 bridgehead atoms. The van der Waals surface area contributed by atoms with Crippen LogP contribution in [-0.4, -0.2) is 76.2 Å². The number of aliphatic carboxylic acids is 2. The van der Waals surface area contributed by atoms with Crippen LogP contribution in [0, 0.1) is 0 Å². The highest BCUT2D eigenvalue weighted by molar-refractivity contribution is 7.80. The molecule has 0 saturated carbocycles. The van der Waals surface area contributed by atoms with Crippen molar-refractivity contribution < 1.29 is 39.0 Å². The summed E-state index contributed by atoms with van der Waals surface area (Å²) in [6, 6.07) is -3.94. The van der Waals surface area contributed by atoms with E-state index in [1.807, 2.05) is 0 Å². The van der Waals surface area contributed by atoms with Crippen molar-refractivity contribution in [2.45, 2.75) is 37.4 Å². The number of hydrogen-bond donors (Lipinski definition) is 8. The minimum atomic E-state index is -1.46. The first kappa shape index (κ1) is 25.1. The van der Waals surface area contributed by atoms with Gasteiger partial charge < -0.3 is 37.6 Å². The first-order valence-electron chi connectivity index (χ1n) is 7.94. The minimum Gasteiger partial charge on any atom is -0.481 e. The Balaban J connectivity index is 4.64. The van der Waals surface area contributed by atoms with Gasteiger partial charge >= 0.3 is 11.9 Å². The molecule has 158 valence electrons. The Morgan fingerprint density at radius 1 is 0.964 bits per heavy atom. The van der Waals surface area contributed by atoms with Crippen LogP contribution in [-0.2, 0) is 28.8 Å². The number of carboxylic acid groups (broad SMARTS) is 2. The number of carbonyl (C=O) groups is 6. The molecule has 0 aliphatic rings. The fourth-order valence-electron chi connectivity index (χ4n) is 1.84. The lowest BCUT2D eigenvalue weighted by Gasteiger charge is -2.20. The van der Waals surface area contributed by atoms with Crippen molar-refractivity contribution in [2.24, 2.45) is 11.5 Å². The topological polar surface area (TPSA) is 231 Å². The normalized spacial score (nSPS) is 13.5. The third kappa shape index (κ3) is 10.3. The van der Waals surface area contributed by atoms with Crippen LogP contribution < -0.4 is 27.4 Å². The molecule has 4 amide bonds. The predicted molar refractivity (Wildman–Crippen MR) is 97.0 cm³/mol. The third-order valence-corrected chi connectivity index (χ3v) is 3.64. The van der Waals surface area contributed by atoms with E-state index in [4.69, 9.17) is 21.7 Å². The number of nitrogens with one attached hydrogen (secondary N) is 3. The van der Waals surface area contributed by atoms with E-state index in [1.54, 1.807) is 0 Å². The monoisotopic (exact) mass is 421 g/mol. The molecule has 0 radical (unpaired) electrons. The number of amides is 4. The molecule has 3 unspecified atom stereocenters. The van der Waals surface area contributed by atoms with Crippen molar-refractivity contribution >= 4 is 48.2 Å². The van der Waals surface area contributed by atoms with Gasteiger partial charge in [0.2, 0.25) is 23.6 Å². The van der Waals surface area contributed by atoms with E-state index in [1.165, 1.54) is 0 Å². The van der Waals surface area contributed by atoms with Crippen molar-refractivity contribution in [1.82, 2.24) is 16.0 Å². The van der Waals surface area contributed by atoms with E-state index in [0.717, 1.165) is 0 Å². The highest BCUT2D eigenvalue weighted by Crippen LogP contribution is 2.00. The summed E-state index contributed by atoms with van der Waals surface area (Å²) in [6.45, 7) is -0.565. The summed E-state index contributed by atoms with van der Waals surface area (Å²) < 4.78 is 0. The van der Waals surface area contributed by atoms with Gasteiger partial charge in [-0.15, -0.1) is 0 Å². The zero-order chi connectivity index (χ0) is 21.9. The Labute approximate surface area is 165 Å². The van der Waals surface area contributed by atoms with Gasteiger partial charge in [0.25, 0.3) is 0 Å². The smallest absolute Gasteiger partial charge is 0.326 e. The van der Waals surface area contributed by atoms with Gasteiger partial charge in [-0.1, -0.05) is 0 Å². The number of thiol groups is 1. The van der Waals surface area contributed by atoms with Crippen molar-refractivity contribution in [1.29, 1.82) is 0 Å². The maximum Gasteiger partial charge on any atom is 0.326 e. The molecule has 0 aromatic rings. The molecule has 0 aliphatic carbocycles. The van der Waals surface area contributed by atoms with Crippen molar-refractivity contribution in [3.63, 3.8) is 0 Å². The zero-order valence-corrected chi connectivity index (χ0v) is 15.6. The number of carbonyl (C=O) groups excluding carboxylic acids is 4. The average Bonchev–Trinajstić information content (AvgIpc) is 2.59. The standard InChI is InChI=1S/C14H23N5O8S/c15-6(3-9(16)20)12(24)17-4-10(21)18-8(5-28)13(25)19-7(14(26)27)1-2-11(22)23/h6-8,28H,1-5,15H2,(H2,16,20)(H,17,24)(H,18,21)(H,19,25)(H,22,23)(H,26,27). The molecule has 0 aromatic heterocycles. The SMILES string of the molecule is NC(=O)CC(N)C(=O)NCC(=O)NC(CS)C(=O)NC(CCC(=O)O)C(=O)O. The van der Waals surface area contributed by atoms with E-state index in [0.29, 0.717) is 0 Å². The van der Waals surface area contributed by atoms with E-state index in [-0.39, 0.29) is 12.2 Å². The van der Waals surface area contributed by atoms with Gasteiger partial charge in [0.05, 0.1) is 19.0 Å². The lowest BCUT2D eigenvalue weighted by molar-refractivity contribution is -0.143. The first-order valence-corrected chi connectivity index (χ1v) is 8.57. The molecule has 0 aliphatic heterocycles. The molecule has 0 saturated heterocycles. The Bertz CT molecular complexity index is 629. The molecule has 28 heavy (non-hydrogen) atoms. The van der Waals surface area contributed by atoms with Crippen molar-refractivity contribution in [3.8, 4) is 0 Å². The van der Waals surface area contributed by atoms with Gasteiger partial charge in [-0.3, -0.25) is 24.0 Å². The second kappa shape index (κ2) is 12.5. The predicted octanol–water partition coefficient (Wildman–Crippen LogP) is -3.85. The number of primary amides is 1. The van der Waals surface area contributed by atoms with Crippen molar-refractivity contribution in [2.75, 3.05) is 12.3 Å². The third-order valence-electron chi connectivity index (χ3n) is 3.28. The van der Waals surface area contributed by atoms with Gasteiger partial charge in [0.15, 0.2) is 0 Å². The highest BCUT2D eigenvalue weighted by Gasteiger charge is 2.26. The second-order valence-corrected chi connectivity index (χ2v) is 5.99. The van der Waals surface area contributed by atoms with Crippen LogP contribution in [0.3, 0.4) is 0 Å². The molecule has 14 heteroatoms. The summed E-state index contributed by atoms with van der Waals surface area (Å²) in [4.78, 5) is 67.8. The fraction of sp³-hybridized carbons (Fsp3) is 0.571. The second-order valence-electron chi connectivity index (χ2n) is 5.63. The quantitative estimate of drug-likeness (QED) is 0.136. The number of nitrogens with two attached hydrogens (primary N) is 2. The maximum absolute atomic E-state index is 12.1. The number of hydrogen-bond acceptors (Lipinski definition) is 8. The van der Waals surface area contributed by atoms with Crippen LogP contribution in [0.1, 0.15) is 19.3 Å². The molecular weight excluding hydrogens is 398 g/mol. The summed E-state index contributed by atoms with van der Waals surface area (Å²) in [5.41, 5.74) is 10.3. The molecule has 0 rings (SSSR count). The van der Waals surface area contributed by atoms with Crippen LogP contribution in [0.4, 0.5) is 0 Å². The van der Waals surface area contributed by atoms with Gasteiger partial charge in [-0.05, 0) is 6.42 Å². The largest absolute Gasteiger partial charge is 0.481 e. The molecule has 3 atom stereocenters. The van der Waals surface area contributed by atoms with Gasteiger partial charge in [-0.25, -0.2) is 4.79 Å². The molecule has 9 N–H and O–H groups in total. The van der Waals surface area contributed by atoms with Crippen LogP contribution >= 0.6 is 12.6 Å². The van der Waals surface area contributed by atoms with Crippen LogP contribution in [0.5, 0.6) is 0 Å². The van der Waals surface area contributed by atoms with Gasteiger partial charge in [0, 0.05) is 12.2 Å². The lowest BCUT2D eigenvalue weighted by Crippen LogP contribution is -2.54.